The first-order chi connectivity index (χ1) is 10.5. The highest BCUT2D eigenvalue weighted by Gasteiger charge is 2.20. The summed E-state index contributed by atoms with van der Waals surface area (Å²) in [5.41, 5.74) is 0.900. The van der Waals surface area contributed by atoms with E-state index in [0.717, 1.165) is 12.0 Å². The largest absolute Gasteiger partial charge is 0.492 e. The number of ether oxygens (including phenoxy) is 1. The summed E-state index contributed by atoms with van der Waals surface area (Å²) in [5, 5.41) is 0. The predicted molar refractivity (Wildman–Crippen MR) is 90.4 cm³/mol. The van der Waals surface area contributed by atoms with Gasteiger partial charge in [-0.25, -0.2) is 13.1 Å². The second-order valence-electron chi connectivity index (χ2n) is 4.75. The van der Waals surface area contributed by atoms with Gasteiger partial charge in [-0.3, -0.25) is 0 Å². The molecule has 0 aliphatic carbocycles. The maximum Gasteiger partial charge on any atom is 0.244 e. The monoisotopic (exact) mass is 383 g/mol. The van der Waals surface area contributed by atoms with Crippen molar-refractivity contribution in [2.75, 3.05) is 6.61 Å². The number of rotatable bonds is 7. The molecule has 0 amide bonds. The molecular weight excluding hydrogens is 366 g/mol. The van der Waals surface area contributed by atoms with Crippen molar-refractivity contribution in [2.24, 2.45) is 0 Å². The van der Waals surface area contributed by atoms with E-state index >= 15 is 0 Å². The summed E-state index contributed by atoms with van der Waals surface area (Å²) in [6.45, 7) is 2.69. The Morgan fingerprint density at radius 2 is 1.86 bits per heavy atom. The Morgan fingerprint density at radius 3 is 2.55 bits per heavy atom. The summed E-state index contributed by atoms with van der Waals surface area (Å²) in [6, 6.07) is 14.4. The summed E-state index contributed by atoms with van der Waals surface area (Å²) in [4.78, 5) is 0.145. The minimum Gasteiger partial charge on any atom is -0.492 e. The van der Waals surface area contributed by atoms with E-state index in [2.05, 4.69) is 20.7 Å². The zero-order valence-electron chi connectivity index (χ0n) is 12.3. The first-order valence-corrected chi connectivity index (χ1v) is 9.26. The van der Waals surface area contributed by atoms with Crippen LogP contribution in [0.4, 0.5) is 0 Å². The van der Waals surface area contributed by atoms with Crippen LogP contribution in [0.3, 0.4) is 0 Å². The third kappa shape index (κ3) is 4.56. The molecule has 0 aliphatic rings. The topological polar surface area (TPSA) is 55.4 Å². The second kappa shape index (κ2) is 7.76. The molecule has 0 bridgehead atoms. The van der Waals surface area contributed by atoms with E-state index in [-0.39, 0.29) is 11.4 Å². The summed E-state index contributed by atoms with van der Waals surface area (Å²) >= 11 is 3.31. The lowest BCUT2D eigenvalue weighted by molar-refractivity contribution is 0.309. The van der Waals surface area contributed by atoms with Crippen LogP contribution in [0.1, 0.15) is 18.9 Å². The molecule has 0 saturated carbocycles. The van der Waals surface area contributed by atoms with Gasteiger partial charge in [0, 0.05) is 11.0 Å². The van der Waals surface area contributed by atoms with E-state index in [1.807, 2.05) is 37.3 Å². The van der Waals surface area contributed by atoms with Crippen molar-refractivity contribution in [3.8, 4) is 5.75 Å². The van der Waals surface area contributed by atoms with Crippen molar-refractivity contribution >= 4 is 26.0 Å². The van der Waals surface area contributed by atoms with Crippen molar-refractivity contribution in [3.05, 3.63) is 58.6 Å². The zero-order chi connectivity index (χ0) is 16.0. The molecule has 4 nitrogen and oxygen atoms in total. The van der Waals surface area contributed by atoms with Gasteiger partial charge >= 0.3 is 0 Å². The van der Waals surface area contributed by atoms with Gasteiger partial charge in [-0.05, 0) is 30.2 Å². The highest BCUT2D eigenvalue weighted by Crippen LogP contribution is 2.27. The quantitative estimate of drug-likeness (QED) is 0.792. The van der Waals surface area contributed by atoms with Crippen LogP contribution in [0.25, 0.3) is 0 Å². The molecule has 2 rings (SSSR count). The van der Waals surface area contributed by atoms with Gasteiger partial charge in [0.05, 0.1) is 6.61 Å². The Morgan fingerprint density at radius 1 is 1.14 bits per heavy atom. The van der Waals surface area contributed by atoms with Crippen molar-refractivity contribution in [1.82, 2.24) is 4.72 Å². The first-order valence-electron chi connectivity index (χ1n) is 6.99. The number of halogens is 1. The molecular formula is C16H18BrNO3S. The van der Waals surface area contributed by atoms with E-state index in [1.54, 1.807) is 18.2 Å². The highest BCUT2D eigenvalue weighted by molar-refractivity contribution is 9.10. The average molecular weight is 384 g/mol. The van der Waals surface area contributed by atoms with E-state index in [9.17, 15) is 8.42 Å². The van der Waals surface area contributed by atoms with Crippen LogP contribution in [0, 0.1) is 0 Å². The third-order valence-corrected chi connectivity index (χ3v) is 4.88. The molecule has 0 radical (unpaired) electrons. The summed E-state index contributed by atoms with van der Waals surface area (Å²) in [6.07, 6.45) is 0.812. The molecule has 0 aliphatic heterocycles. The summed E-state index contributed by atoms with van der Waals surface area (Å²) < 4.78 is 33.9. The average Bonchev–Trinajstić information content (AvgIpc) is 2.53. The number of hydrogen-bond donors (Lipinski definition) is 1. The fraction of sp³-hybridized carbons (Fsp3) is 0.250. The molecule has 0 heterocycles. The maximum absolute atomic E-state index is 12.5. The molecule has 2 aromatic rings. The second-order valence-corrected chi connectivity index (χ2v) is 7.40. The molecule has 0 saturated heterocycles. The van der Waals surface area contributed by atoms with E-state index in [1.165, 1.54) is 0 Å². The molecule has 0 aromatic heterocycles. The SMILES string of the molecule is CCCOc1ccc(Br)cc1S(=O)(=O)NCc1ccccc1. The van der Waals surface area contributed by atoms with Gasteiger partial charge in [0.25, 0.3) is 0 Å². The maximum atomic E-state index is 12.5. The van der Waals surface area contributed by atoms with Crippen LogP contribution in [0.2, 0.25) is 0 Å². The molecule has 22 heavy (non-hydrogen) atoms. The van der Waals surface area contributed by atoms with Crippen LogP contribution < -0.4 is 9.46 Å². The minimum atomic E-state index is -3.65. The van der Waals surface area contributed by atoms with Crippen LogP contribution >= 0.6 is 15.9 Å². The number of sulfonamides is 1. The normalized spacial score (nSPS) is 11.4. The van der Waals surface area contributed by atoms with Crippen molar-refractivity contribution in [2.45, 2.75) is 24.8 Å². The Hall–Kier alpha value is -1.37. The van der Waals surface area contributed by atoms with Crippen LogP contribution in [0.5, 0.6) is 5.75 Å². The Balaban J connectivity index is 2.22. The first kappa shape index (κ1) is 17.0. The standard InChI is InChI=1S/C16H18BrNO3S/c1-2-10-21-15-9-8-14(17)11-16(15)22(19,20)18-12-13-6-4-3-5-7-13/h3-9,11,18H,2,10,12H2,1H3. The van der Waals surface area contributed by atoms with Gasteiger partial charge in [-0.2, -0.15) is 0 Å². The lowest BCUT2D eigenvalue weighted by Gasteiger charge is -2.13. The third-order valence-electron chi connectivity index (χ3n) is 2.97. The highest BCUT2D eigenvalue weighted by atomic mass is 79.9. The molecule has 0 unspecified atom stereocenters. The molecule has 0 fully saturated rings. The van der Waals surface area contributed by atoms with Crippen molar-refractivity contribution in [1.29, 1.82) is 0 Å². The molecule has 2 aromatic carbocycles. The van der Waals surface area contributed by atoms with Gasteiger partial charge in [-0.1, -0.05) is 53.2 Å². The number of hydrogen-bond acceptors (Lipinski definition) is 3. The number of nitrogens with one attached hydrogen (secondary N) is 1. The fourth-order valence-electron chi connectivity index (χ4n) is 1.88. The number of benzene rings is 2. The van der Waals surface area contributed by atoms with E-state index in [0.29, 0.717) is 16.8 Å². The van der Waals surface area contributed by atoms with E-state index < -0.39 is 10.0 Å². The molecule has 6 heteroatoms. The van der Waals surface area contributed by atoms with Crippen LogP contribution in [0.15, 0.2) is 57.9 Å². The van der Waals surface area contributed by atoms with Crippen molar-refractivity contribution < 1.29 is 13.2 Å². The molecule has 0 atom stereocenters. The fourth-order valence-corrected chi connectivity index (χ4v) is 3.57. The van der Waals surface area contributed by atoms with Gasteiger partial charge in [0.2, 0.25) is 10.0 Å². The van der Waals surface area contributed by atoms with Crippen LogP contribution in [-0.4, -0.2) is 15.0 Å². The Kier molecular flexibility index (Phi) is 5.99. The minimum absolute atomic E-state index is 0.145. The lowest BCUT2D eigenvalue weighted by Crippen LogP contribution is -2.24. The van der Waals surface area contributed by atoms with Crippen LogP contribution in [-0.2, 0) is 16.6 Å². The van der Waals surface area contributed by atoms with Gasteiger partial charge in [0.15, 0.2) is 0 Å². The van der Waals surface area contributed by atoms with E-state index in [4.69, 9.17) is 4.74 Å². The summed E-state index contributed by atoms with van der Waals surface area (Å²) in [5.74, 6) is 0.366. The zero-order valence-corrected chi connectivity index (χ0v) is 14.7. The molecule has 0 spiro atoms. The van der Waals surface area contributed by atoms with Gasteiger partial charge in [-0.15, -0.1) is 0 Å². The summed E-state index contributed by atoms with van der Waals surface area (Å²) in [7, 11) is -3.65. The molecule has 1 N–H and O–H groups in total. The Bertz CT molecular complexity index is 717. The van der Waals surface area contributed by atoms with Gasteiger partial charge in [0.1, 0.15) is 10.6 Å². The lowest BCUT2D eigenvalue weighted by atomic mass is 10.2. The smallest absolute Gasteiger partial charge is 0.244 e. The van der Waals surface area contributed by atoms with Gasteiger partial charge < -0.3 is 4.74 Å². The predicted octanol–water partition coefficient (Wildman–Crippen LogP) is 3.72. The van der Waals surface area contributed by atoms with Crippen molar-refractivity contribution in [3.63, 3.8) is 0 Å². The molecule has 118 valence electrons. The Labute approximate surface area is 139 Å².